The zero-order valence-corrected chi connectivity index (χ0v) is 25.7. The number of fused-ring (bicyclic) bond motifs is 6. The van der Waals surface area contributed by atoms with Crippen molar-refractivity contribution in [3.8, 4) is 33.7 Å². The molecule has 0 saturated carbocycles. The Morgan fingerprint density at radius 1 is 0.744 bits per heavy atom. The molecular formula is C38H30N4S. The number of hydrogen-bond donors (Lipinski definition) is 0. The zero-order chi connectivity index (χ0) is 30.1. The van der Waals surface area contributed by atoms with Gasteiger partial charge in [0, 0.05) is 43.7 Å². The van der Waals surface area contributed by atoms with Crippen LogP contribution in [0.3, 0.4) is 0 Å². The summed E-state index contributed by atoms with van der Waals surface area (Å²) in [7, 11) is 0. The number of rotatable bonds is 4. The maximum Gasteiger partial charge on any atom is 0.137 e. The molecule has 0 atom stereocenters. The van der Waals surface area contributed by atoms with Crippen LogP contribution < -0.4 is 4.90 Å². The summed E-state index contributed by atoms with van der Waals surface area (Å²) < 4.78 is 0. The van der Waals surface area contributed by atoms with Crippen LogP contribution in [0.15, 0.2) is 90.6 Å². The van der Waals surface area contributed by atoms with E-state index in [1.54, 1.807) is 17.4 Å². The molecule has 0 N–H and O–H groups in total. The third kappa shape index (κ3) is 4.04. The Balaban J connectivity index is 1.37. The minimum atomic E-state index is -0.259. The first-order valence-electron chi connectivity index (χ1n) is 14.4. The van der Waals surface area contributed by atoms with E-state index < -0.39 is 0 Å². The van der Waals surface area contributed by atoms with Crippen molar-refractivity contribution in [2.75, 3.05) is 4.90 Å². The Kier molecular flexibility index (Phi) is 5.96. The molecule has 5 heteroatoms. The molecule has 43 heavy (non-hydrogen) atoms. The molecule has 2 aliphatic carbocycles. The van der Waals surface area contributed by atoms with E-state index in [0.29, 0.717) is 0 Å². The second-order valence-electron chi connectivity index (χ2n) is 12.5. The van der Waals surface area contributed by atoms with Gasteiger partial charge in [-0.25, -0.2) is 4.98 Å². The van der Waals surface area contributed by atoms with Gasteiger partial charge in [0.05, 0.1) is 0 Å². The molecule has 0 spiro atoms. The van der Waals surface area contributed by atoms with Crippen LogP contribution in [0.1, 0.15) is 60.4 Å². The van der Waals surface area contributed by atoms with Crippen LogP contribution in [0.25, 0.3) is 27.6 Å². The Labute approximate surface area is 256 Å². The SMILES string of the molecule is Cc1ccc(N(c2ccc3c(c2)C(C)(C)c2ccccc2-3)c2cc3c(cn2)-c2sc(C=C(C#N)C#N)cc2C3(C)C)cc1. The van der Waals surface area contributed by atoms with Crippen molar-refractivity contribution < 1.29 is 0 Å². The fourth-order valence-corrected chi connectivity index (χ4v) is 8.01. The van der Waals surface area contributed by atoms with Crippen LogP contribution >= 0.6 is 11.3 Å². The molecule has 0 fully saturated rings. The first kappa shape index (κ1) is 26.9. The van der Waals surface area contributed by atoms with Gasteiger partial charge in [0.1, 0.15) is 23.5 Å². The lowest BCUT2D eigenvalue weighted by Crippen LogP contribution is -2.18. The number of hydrogen-bond acceptors (Lipinski definition) is 5. The second-order valence-corrected chi connectivity index (χ2v) is 13.5. The number of anilines is 3. The zero-order valence-electron chi connectivity index (χ0n) is 24.9. The fourth-order valence-electron chi connectivity index (χ4n) is 6.73. The van der Waals surface area contributed by atoms with Gasteiger partial charge in [-0.15, -0.1) is 11.3 Å². The molecule has 2 aromatic heterocycles. The van der Waals surface area contributed by atoms with Crippen molar-refractivity contribution in [2.24, 2.45) is 0 Å². The number of nitriles is 2. The minimum Gasteiger partial charge on any atom is -0.295 e. The first-order chi connectivity index (χ1) is 20.6. The van der Waals surface area contributed by atoms with Crippen molar-refractivity contribution in [1.82, 2.24) is 4.98 Å². The van der Waals surface area contributed by atoms with E-state index in [1.165, 1.54) is 38.9 Å². The van der Waals surface area contributed by atoms with Gasteiger partial charge in [-0.2, -0.15) is 10.5 Å². The predicted molar refractivity (Wildman–Crippen MR) is 176 cm³/mol. The van der Waals surface area contributed by atoms with Crippen molar-refractivity contribution in [3.63, 3.8) is 0 Å². The second kappa shape index (κ2) is 9.53. The summed E-state index contributed by atoms with van der Waals surface area (Å²) in [6.07, 6.45) is 3.67. The molecule has 0 saturated heterocycles. The summed E-state index contributed by atoms with van der Waals surface area (Å²) in [4.78, 5) is 9.40. The molecule has 2 heterocycles. The number of benzene rings is 3. The van der Waals surface area contributed by atoms with E-state index in [-0.39, 0.29) is 16.4 Å². The number of pyridine rings is 1. The van der Waals surface area contributed by atoms with Gasteiger partial charge in [0.15, 0.2) is 0 Å². The number of aromatic nitrogens is 1. The third-order valence-corrected chi connectivity index (χ3v) is 10.2. The standard InChI is InChI=1S/C38H30N4S/c1-23-10-12-25(13-11-23)42(26-14-15-29-28-8-6-7-9-31(28)37(2,3)32(29)17-26)35-19-33-30(22-41-35)36-34(38(33,4)5)18-27(43-36)16-24(20-39)21-40/h6-19,22H,1-5H3. The Bertz CT molecular complexity index is 2050. The van der Waals surface area contributed by atoms with Gasteiger partial charge in [-0.05, 0) is 82.8 Å². The highest BCUT2D eigenvalue weighted by molar-refractivity contribution is 7.16. The largest absolute Gasteiger partial charge is 0.295 e. The highest BCUT2D eigenvalue weighted by Crippen LogP contribution is 2.54. The Hall–Kier alpha value is -4.97. The number of nitrogens with zero attached hydrogens (tertiary/aromatic N) is 4. The van der Waals surface area contributed by atoms with Crippen LogP contribution in [-0.2, 0) is 10.8 Å². The lowest BCUT2D eigenvalue weighted by molar-refractivity contribution is 0.660. The van der Waals surface area contributed by atoms with Crippen LogP contribution in [0.5, 0.6) is 0 Å². The molecule has 5 aromatic rings. The molecule has 0 aliphatic heterocycles. The molecular weight excluding hydrogens is 545 g/mol. The van der Waals surface area contributed by atoms with Gasteiger partial charge in [0.2, 0.25) is 0 Å². The molecule has 4 nitrogen and oxygen atoms in total. The van der Waals surface area contributed by atoms with Gasteiger partial charge in [-0.3, -0.25) is 4.90 Å². The van der Waals surface area contributed by atoms with E-state index in [1.807, 2.05) is 18.3 Å². The van der Waals surface area contributed by atoms with Crippen molar-refractivity contribution >= 4 is 34.6 Å². The first-order valence-corrected chi connectivity index (χ1v) is 15.2. The topological polar surface area (TPSA) is 63.7 Å². The van der Waals surface area contributed by atoms with E-state index >= 15 is 0 Å². The molecule has 208 valence electrons. The fraction of sp³-hybridized carbons (Fsp3) is 0.184. The number of aryl methyl sites for hydroxylation is 1. The summed E-state index contributed by atoms with van der Waals surface area (Å²) in [6, 6.07) is 32.5. The minimum absolute atomic E-state index is 0.106. The summed E-state index contributed by atoms with van der Waals surface area (Å²) >= 11 is 1.61. The summed E-state index contributed by atoms with van der Waals surface area (Å²) in [6.45, 7) is 11.2. The van der Waals surface area contributed by atoms with Gasteiger partial charge < -0.3 is 0 Å². The predicted octanol–water partition coefficient (Wildman–Crippen LogP) is 9.96. The lowest BCUT2D eigenvalue weighted by atomic mass is 9.82. The maximum absolute atomic E-state index is 9.26. The highest BCUT2D eigenvalue weighted by atomic mass is 32.1. The molecule has 3 aromatic carbocycles. The maximum atomic E-state index is 9.26. The summed E-state index contributed by atoms with van der Waals surface area (Å²) in [5.74, 6) is 0.871. The molecule has 7 rings (SSSR count). The van der Waals surface area contributed by atoms with Crippen LogP contribution in [0.2, 0.25) is 0 Å². The average Bonchev–Trinajstić information content (AvgIpc) is 3.60. The number of thiophene rings is 1. The molecule has 2 aliphatic rings. The quantitative estimate of drug-likeness (QED) is 0.200. The summed E-state index contributed by atoms with van der Waals surface area (Å²) in [5.41, 5.74) is 11.9. The van der Waals surface area contributed by atoms with E-state index in [2.05, 4.69) is 118 Å². The highest BCUT2D eigenvalue weighted by Gasteiger charge is 2.39. The molecule has 0 bridgehead atoms. The number of allylic oxidation sites excluding steroid dienone is 1. The molecule has 0 radical (unpaired) electrons. The molecule has 0 amide bonds. The summed E-state index contributed by atoms with van der Waals surface area (Å²) in [5, 5.41) is 18.5. The van der Waals surface area contributed by atoms with E-state index in [9.17, 15) is 10.5 Å². The monoisotopic (exact) mass is 574 g/mol. The normalized spacial score (nSPS) is 14.5. The smallest absolute Gasteiger partial charge is 0.137 e. The molecule has 0 unspecified atom stereocenters. The van der Waals surface area contributed by atoms with Gasteiger partial charge in [-0.1, -0.05) is 75.7 Å². The van der Waals surface area contributed by atoms with E-state index in [0.717, 1.165) is 32.5 Å². The van der Waals surface area contributed by atoms with Crippen LogP contribution in [-0.4, -0.2) is 4.98 Å². The van der Waals surface area contributed by atoms with Crippen molar-refractivity contribution in [1.29, 1.82) is 10.5 Å². The third-order valence-electron chi connectivity index (χ3n) is 9.11. The van der Waals surface area contributed by atoms with Crippen LogP contribution in [0.4, 0.5) is 17.2 Å². The Morgan fingerprint density at radius 2 is 1.40 bits per heavy atom. The lowest BCUT2D eigenvalue weighted by Gasteiger charge is -2.29. The average molecular weight is 575 g/mol. The van der Waals surface area contributed by atoms with Gasteiger partial charge >= 0.3 is 0 Å². The van der Waals surface area contributed by atoms with Gasteiger partial charge in [0.25, 0.3) is 0 Å². The van der Waals surface area contributed by atoms with E-state index in [4.69, 9.17) is 4.98 Å². The van der Waals surface area contributed by atoms with Crippen LogP contribution in [0, 0.1) is 29.6 Å². The Morgan fingerprint density at radius 3 is 2.14 bits per heavy atom. The van der Waals surface area contributed by atoms with Crippen molar-refractivity contribution in [3.05, 3.63) is 123 Å². The van der Waals surface area contributed by atoms with Crippen molar-refractivity contribution in [2.45, 2.75) is 45.4 Å².